The minimum absolute atomic E-state index is 0.00967. The normalized spacial score (nSPS) is 20.9. The zero-order valence-electron chi connectivity index (χ0n) is 31.4. The number of carboxylic acids is 1. The lowest BCUT2D eigenvalue weighted by molar-refractivity contribution is -0.172. The van der Waals surface area contributed by atoms with E-state index in [4.69, 9.17) is 5.73 Å². The Hall–Kier alpha value is -6.24. The van der Waals surface area contributed by atoms with E-state index in [9.17, 15) is 47.5 Å². The lowest BCUT2D eigenvalue weighted by Crippen LogP contribution is -2.51. The van der Waals surface area contributed by atoms with Gasteiger partial charge in [-0.3, -0.25) is 29.2 Å². The van der Waals surface area contributed by atoms with E-state index in [1.807, 2.05) is 32.7 Å². The molecule has 2 bridgehead atoms. The molecule has 4 heterocycles. The van der Waals surface area contributed by atoms with Gasteiger partial charge >= 0.3 is 11.9 Å². The van der Waals surface area contributed by atoms with Crippen LogP contribution in [0.15, 0.2) is 58.3 Å². The molecule has 0 unspecified atom stereocenters. The van der Waals surface area contributed by atoms with E-state index >= 15 is 0 Å². The van der Waals surface area contributed by atoms with Gasteiger partial charge in [-0.25, -0.2) is 28.7 Å². The molecule has 4 aromatic rings. The van der Waals surface area contributed by atoms with Crippen molar-refractivity contribution in [1.82, 2.24) is 30.0 Å². The van der Waals surface area contributed by atoms with Crippen molar-refractivity contribution in [3.05, 3.63) is 82.2 Å². The molecule has 0 spiro atoms. The number of aliphatic imine (C=N–C) groups is 1. The molecule has 19 heteroatoms. The number of rotatable bonds is 8. The van der Waals surface area contributed by atoms with Crippen LogP contribution in [0.1, 0.15) is 70.3 Å². The molecule has 4 aliphatic rings. The molecule has 8 rings (SSSR count). The quantitative estimate of drug-likeness (QED) is 0.0788. The number of nitrogens with one attached hydrogen (secondary N) is 3. The summed E-state index contributed by atoms with van der Waals surface area (Å²) >= 11 is 0. The first kappa shape index (κ1) is 41.9. The van der Waals surface area contributed by atoms with Crippen LogP contribution < -0.4 is 16.6 Å². The highest BCUT2D eigenvalue weighted by atomic mass is 19.1. The Labute approximate surface area is 323 Å². The van der Waals surface area contributed by atoms with Crippen LogP contribution in [0, 0.1) is 47.2 Å². The highest BCUT2D eigenvalue weighted by molar-refractivity contribution is 6.43. The fourth-order valence-corrected chi connectivity index (χ4v) is 7.10. The average molecular weight is 794 g/mol. The van der Waals surface area contributed by atoms with Crippen molar-refractivity contribution in [1.29, 1.82) is 0 Å². The third-order valence-electron chi connectivity index (χ3n) is 9.62. The predicted molar refractivity (Wildman–Crippen MR) is 200 cm³/mol. The number of primary amides is 1. The first-order chi connectivity index (χ1) is 26.9. The summed E-state index contributed by atoms with van der Waals surface area (Å²) in [5.74, 6) is -5.00. The van der Waals surface area contributed by atoms with Crippen molar-refractivity contribution in [2.24, 2.45) is 40.3 Å². The van der Waals surface area contributed by atoms with Gasteiger partial charge in [0.2, 0.25) is 5.95 Å². The fraction of sp³-hybridized carbons (Fsp3) is 0.395. The van der Waals surface area contributed by atoms with Gasteiger partial charge in [0.15, 0.2) is 23.2 Å². The highest BCUT2D eigenvalue weighted by Gasteiger charge is 2.47. The maximum Gasteiger partial charge on any atom is 0.308 e. The molecule has 3 aliphatic carbocycles. The van der Waals surface area contributed by atoms with E-state index in [1.165, 1.54) is 12.1 Å². The van der Waals surface area contributed by atoms with E-state index in [0.717, 1.165) is 43.6 Å². The molecule has 57 heavy (non-hydrogen) atoms. The van der Waals surface area contributed by atoms with Gasteiger partial charge in [-0.1, -0.05) is 33.8 Å². The van der Waals surface area contributed by atoms with Crippen LogP contribution in [0.2, 0.25) is 0 Å². The fourth-order valence-electron chi connectivity index (χ4n) is 7.10. The molecule has 0 radical (unpaired) electrons. The van der Waals surface area contributed by atoms with Crippen LogP contribution in [-0.4, -0.2) is 75.7 Å². The second-order valence-corrected chi connectivity index (χ2v) is 14.6. The third kappa shape index (κ3) is 9.77. The number of hydroxylamine groups is 2. The van der Waals surface area contributed by atoms with Crippen molar-refractivity contribution in [3.8, 4) is 11.4 Å². The number of nitrogens with two attached hydrogens (primary N) is 1. The van der Waals surface area contributed by atoms with E-state index in [-0.39, 0.29) is 63.6 Å². The minimum Gasteiger partial charge on any atom is -0.481 e. The van der Waals surface area contributed by atoms with Crippen molar-refractivity contribution >= 4 is 46.1 Å². The van der Waals surface area contributed by atoms with Crippen molar-refractivity contribution in [3.63, 3.8) is 0 Å². The number of carboxylic acid groups (broad SMARTS) is 1. The average Bonchev–Trinajstić information content (AvgIpc) is 3.58. The smallest absolute Gasteiger partial charge is 0.308 e. The number of nitrogens with zero attached hydrogens (tertiary/aromatic N) is 5. The van der Waals surface area contributed by atoms with E-state index in [0.29, 0.717) is 17.4 Å². The largest absolute Gasteiger partial charge is 0.481 e. The number of aromatic amines is 2. The van der Waals surface area contributed by atoms with Gasteiger partial charge < -0.3 is 26.1 Å². The van der Waals surface area contributed by atoms with Crippen molar-refractivity contribution < 1.29 is 42.7 Å². The number of amides is 3. The zero-order valence-corrected chi connectivity index (χ0v) is 31.4. The molecule has 16 nitrogen and oxygen atoms in total. The predicted octanol–water partition coefficient (Wildman–Crippen LogP) is 4.98. The second-order valence-electron chi connectivity index (χ2n) is 14.6. The second kappa shape index (κ2) is 17.7. The first-order valence-corrected chi connectivity index (χ1v) is 18.2. The number of allylic oxidation sites excluding steroid dienone is 1. The van der Waals surface area contributed by atoms with Gasteiger partial charge in [0.25, 0.3) is 17.4 Å². The summed E-state index contributed by atoms with van der Waals surface area (Å²) in [6.45, 7) is 7.69. The third-order valence-corrected chi connectivity index (χ3v) is 9.62. The number of benzene rings is 1. The summed E-state index contributed by atoms with van der Waals surface area (Å²) in [6, 6.07) is 3.98. The van der Waals surface area contributed by atoms with Gasteiger partial charge in [0, 0.05) is 28.7 Å². The van der Waals surface area contributed by atoms with E-state index < -0.39 is 52.6 Å². The van der Waals surface area contributed by atoms with Gasteiger partial charge in [-0.2, -0.15) is 4.39 Å². The molecule has 3 aromatic heterocycles. The maximum absolute atomic E-state index is 14.5. The standard InChI is InChI=1S/C21H20F2N4O2.C12H18N2O3.C5H4FN3O2/c22-12-5-6-16-13(7-12)14(8-24-16)19-25-9-15(23)20(27-19)26-18-11-3-1-10(2-4-11)17(18)21(28)29;1-7(2)5-9-11(15)14(17)12(16)10(13-9)6-8(3)4;6-2-1-8-5(11)3(9-2)4(7)10/h5-11,17-18,24H,1-4H2,(H,28,29)(H,25,26,27);5,7-8,17H,6H2,1-4H3;1H,(H2,7,10)(H,8,11)/b;9-5-;/t10?,11?,17-,18-;;/m0../s1. The van der Waals surface area contributed by atoms with Crippen LogP contribution >= 0.6 is 0 Å². The molecule has 302 valence electrons. The Morgan fingerprint density at radius 1 is 1.00 bits per heavy atom. The number of aliphatic carboxylic acids is 1. The molecule has 3 amide bonds. The number of imide groups is 1. The number of H-pyrrole nitrogens is 2. The van der Waals surface area contributed by atoms with Crippen molar-refractivity contribution in [2.75, 3.05) is 5.32 Å². The SMILES string of the molecule is CC(C)/C=C1\N=C(CC(C)C)C(=O)N(O)C1=O.NC(=O)c1nc(F)c[nH]c1=O.O=C(O)[C@H]1C2CCC(CC2)[C@@H]1Nc1nc(-c2c[nH]c3ccc(F)cc23)ncc1F. The van der Waals surface area contributed by atoms with E-state index in [1.54, 1.807) is 18.3 Å². The van der Waals surface area contributed by atoms with Gasteiger partial charge in [0.05, 0.1) is 18.3 Å². The topological polar surface area (TPSA) is 250 Å². The molecule has 2 atom stereocenters. The minimum atomic E-state index is -1.05. The Kier molecular flexibility index (Phi) is 13.0. The Morgan fingerprint density at radius 2 is 1.68 bits per heavy atom. The first-order valence-electron chi connectivity index (χ1n) is 18.2. The molecule has 1 aliphatic heterocycles. The van der Waals surface area contributed by atoms with Crippen LogP contribution in [0.3, 0.4) is 0 Å². The summed E-state index contributed by atoms with van der Waals surface area (Å²) in [4.78, 5) is 76.4. The monoisotopic (exact) mass is 793 g/mol. The number of hydrogen-bond acceptors (Lipinski definition) is 11. The summed E-state index contributed by atoms with van der Waals surface area (Å²) in [7, 11) is 0. The summed E-state index contributed by atoms with van der Waals surface area (Å²) in [6.07, 6.45) is 9.23. The lowest BCUT2D eigenvalue weighted by Gasteiger charge is -2.47. The lowest BCUT2D eigenvalue weighted by atomic mass is 9.61. The molecule has 3 saturated carbocycles. The molecule has 3 fully saturated rings. The summed E-state index contributed by atoms with van der Waals surface area (Å²) < 4.78 is 40.4. The number of fused-ring (bicyclic) bond motifs is 4. The number of aromatic nitrogens is 5. The molecule has 7 N–H and O–H groups in total. The summed E-state index contributed by atoms with van der Waals surface area (Å²) in [5, 5.41) is 23.0. The number of halogens is 3. The van der Waals surface area contributed by atoms with E-state index in [2.05, 4.69) is 30.2 Å². The van der Waals surface area contributed by atoms with Crippen LogP contribution in [0.4, 0.5) is 19.0 Å². The summed E-state index contributed by atoms with van der Waals surface area (Å²) in [5.41, 5.74) is 4.93. The number of carbonyl (C=O) groups is 4. The Bertz CT molecular complexity index is 2300. The van der Waals surface area contributed by atoms with Gasteiger partial charge in [0.1, 0.15) is 17.2 Å². The van der Waals surface area contributed by atoms with Crippen molar-refractivity contribution in [2.45, 2.75) is 65.8 Å². The Balaban J connectivity index is 0.000000187. The molecular weight excluding hydrogens is 751 g/mol. The highest BCUT2D eigenvalue weighted by Crippen LogP contribution is 2.46. The zero-order chi connectivity index (χ0) is 41.7. The molecular formula is C38H42F3N9O7. The Morgan fingerprint density at radius 3 is 2.30 bits per heavy atom. The number of carbonyl (C=O) groups excluding carboxylic acids is 3. The molecule has 1 aromatic carbocycles. The van der Waals surface area contributed by atoms with Gasteiger partial charge in [-0.15, -0.1) is 5.06 Å². The van der Waals surface area contributed by atoms with Gasteiger partial charge in [-0.05, 0) is 74.0 Å². The number of hydrogen-bond donors (Lipinski definition) is 6. The van der Waals surface area contributed by atoms with Crippen LogP contribution in [-0.2, 0) is 14.4 Å². The van der Waals surface area contributed by atoms with Crippen LogP contribution in [0.25, 0.3) is 22.3 Å². The van der Waals surface area contributed by atoms with Crippen LogP contribution in [0.5, 0.6) is 0 Å². The number of anilines is 1. The molecule has 0 saturated heterocycles. The maximum atomic E-state index is 14.5.